The zero-order valence-electron chi connectivity index (χ0n) is 29.1. The van der Waals surface area contributed by atoms with Crippen LogP contribution in [-0.2, 0) is 18.8 Å². The normalized spacial score (nSPS) is 27.0. The van der Waals surface area contributed by atoms with Crippen LogP contribution < -0.4 is 20.9 Å². The number of pyridine rings is 1. The molecule has 3 N–H and O–H groups in total. The molecule has 48 heavy (non-hydrogen) atoms. The summed E-state index contributed by atoms with van der Waals surface area (Å²) in [5.41, 5.74) is 1.59. The highest BCUT2D eigenvalue weighted by molar-refractivity contribution is 6.48. The van der Waals surface area contributed by atoms with Crippen molar-refractivity contribution in [3.63, 3.8) is 0 Å². The number of rotatable bonds is 11. The number of morpholine rings is 1. The maximum Gasteiger partial charge on any atom is 0.481 e. The fourth-order valence-electron chi connectivity index (χ4n) is 8.05. The van der Waals surface area contributed by atoms with Crippen molar-refractivity contribution in [2.45, 2.75) is 84.5 Å². The molecular weight excluding hydrogens is 609 g/mol. The second-order valence-corrected chi connectivity index (χ2v) is 15.2. The first-order valence-corrected chi connectivity index (χ1v) is 17.4. The molecule has 1 aromatic carbocycles. The van der Waals surface area contributed by atoms with Crippen molar-refractivity contribution in [1.29, 1.82) is 0 Å². The van der Waals surface area contributed by atoms with Crippen molar-refractivity contribution in [3.8, 4) is 0 Å². The summed E-state index contributed by atoms with van der Waals surface area (Å²) in [5.74, 6) is 0.339. The van der Waals surface area contributed by atoms with Gasteiger partial charge in [0.1, 0.15) is 11.9 Å². The fraction of sp³-hybridized carbons (Fsp3) is 0.611. The molecular formula is C36H50BN5O6. The van der Waals surface area contributed by atoms with E-state index in [0.717, 1.165) is 37.3 Å². The summed E-state index contributed by atoms with van der Waals surface area (Å²) in [6.45, 7) is 15.5. The highest BCUT2D eigenvalue weighted by atomic mass is 16.7. The number of anilines is 1. The van der Waals surface area contributed by atoms with E-state index in [1.54, 1.807) is 24.3 Å². The van der Waals surface area contributed by atoms with Gasteiger partial charge in [0.05, 0.1) is 36.4 Å². The van der Waals surface area contributed by atoms with Crippen LogP contribution in [0.2, 0.25) is 0 Å². The number of aryl methyl sites for hydroxylation is 1. The standard InChI is InChI=1S/C36H50BN5O6/c1-22(2)17-30(37-47-29-19-26-18-28(35(26,4)5)36(29,6)48-37)41-34(45)27(21-39-32(43)24-9-7-23(3)8-10-24)40-33(44)25-11-12-31(38-20-25)42-13-15-46-16-14-42/h7-12,20,22,26-30H,13-19,21H2,1-6H3,(H,39,43)(H,40,44)(H,41,45)/t26-,27+,28-,29-,30+,36+/m1/s1. The van der Waals surface area contributed by atoms with Gasteiger partial charge in [-0.2, -0.15) is 0 Å². The molecule has 3 aliphatic carbocycles. The van der Waals surface area contributed by atoms with Gasteiger partial charge in [0, 0.05) is 31.4 Å². The topological polar surface area (TPSA) is 131 Å². The Morgan fingerprint density at radius 1 is 0.979 bits per heavy atom. The van der Waals surface area contributed by atoms with Crippen LogP contribution in [0.15, 0.2) is 42.6 Å². The van der Waals surface area contributed by atoms with Gasteiger partial charge < -0.3 is 34.9 Å². The predicted molar refractivity (Wildman–Crippen MR) is 184 cm³/mol. The molecule has 2 aliphatic heterocycles. The molecule has 0 spiro atoms. The van der Waals surface area contributed by atoms with Crippen molar-refractivity contribution in [2.75, 3.05) is 37.7 Å². The van der Waals surface area contributed by atoms with Gasteiger partial charge >= 0.3 is 7.12 Å². The van der Waals surface area contributed by atoms with Gasteiger partial charge in [0.2, 0.25) is 5.91 Å². The van der Waals surface area contributed by atoms with E-state index in [-0.39, 0.29) is 29.9 Å². The second kappa shape index (κ2) is 13.8. The Labute approximate surface area is 284 Å². The molecule has 3 saturated carbocycles. The van der Waals surface area contributed by atoms with Gasteiger partial charge in [0.15, 0.2) is 0 Å². The molecule has 6 atom stereocenters. The average molecular weight is 660 g/mol. The van der Waals surface area contributed by atoms with Gasteiger partial charge in [-0.3, -0.25) is 14.4 Å². The third kappa shape index (κ3) is 6.98. The van der Waals surface area contributed by atoms with Crippen LogP contribution in [0.5, 0.6) is 0 Å². The first-order valence-electron chi connectivity index (χ1n) is 17.4. The second-order valence-electron chi connectivity index (χ2n) is 15.2. The number of hydrogen-bond donors (Lipinski definition) is 3. The van der Waals surface area contributed by atoms with Gasteiger partial charge in [-0.1, -0.05) is 45.4 Å². The van der Waals surface area contributed by atoms with Gasteiger partial charge in [-0.15, -0.1) is 0 Å². The van der Waals surface area contributed by atoms with E-state index < -0.39 is 36.5 Å². The third-order valence-corrected chi connectivity index (χ3v) is 11.1. The largest absolute Gasteiger partial charge is 0.481 e. The summed E-state index contributed by atoms with van der Waals surface area (Å²) in [6.07, 6.45) is 4.19. The Morgan fingerprint density at radius 3 is 2.33 bits per heavy atom. The lowest BCUT2D eigenvalue weighted by atomic mass is 9.43. The quantitative estimate of drug-likeness (QED) is 0.313. The van der Waals surface area contributed by atoms with Gasteiger partial charge in [-0.05, 0) is 80.5 Å². The number of carbonyl (C=O) groups is 3. The minimum atomic E-state index is -1.06. The Hall–Kier alpha value is -3.48. The number of amides is 3. The first-order chi connectivity index (χ1) is 22.8. The third-order valence-electron chi connectivity index (χ3n) is 11.1. The van der Waals surface area contributed by atoms with E-state index >= 15 is 0 Å². The van der Waals surface area contributed by atoms with E-state index in [1.165, 1.54) is 6.20 Å². The van der Waals surface area contributed by atoms with E-state index in [9.17, 15) is 14.4 Å². The number of nitrogens with zero attached hydrogens (tertiary/aromatic N) is 2. The summed E-state index contributed by atoms with van der Waals surface area (Å²) in [7, 11) is -0.614. The lowest BCUT2D eigenvalue weighted by molar-refractivity contribution is -0.199. The summed E-state index contributed by atoms with van der Waals surface area (Å²) in [5, 5.41) is 8.86. The van der Waals surface area contributed by atoms with Gasteiger partial charge in [-0.25, -0.2) is 4.98 Å². The van der Waals surface area contributed by atoms with E-state index in [2.05, 4.69) is 60.5 Å². The molecule has 258 valence electrons. The van der Waals surface area contributed by atoms with Crippen molar-refractivity contribution >= 4 is 30.7 Å². The summed E-state index contributed by atoms with van der Waals surface area (Å²) >= 11 is 0. The minimum Gasteiger partial charge on any atom is -0.404 e. The molecule has 5 aliphatic rings. The zero-order valence-corrected chi connectivity index (χ0v) is 29.1. The first kappa shape index (κ1) is 34.4. The van der Waals surface area contributed by atoms with Crippen LogP contribution in [0.25, 0.3) is 0 Å². The van der Waals surface area contributed by atoms with Gasteiger partial charge in [0.25, 0.3) is 11.8 Å². The molecule has 5 fully saturated rings. The average Bonchev–Trinajstić information content (AvgIpc) is 3.44. The predicted octanol–water partition coefficient (Wildman–Crippen LogP) is 3.55. The Balaban J connectivity index is 1.17. The lowest BCUT2D eigenvalue weighted by Gasteiger charge is -2.64. The monoisotopic (exact) mass is 659 g/mol. The number of ether oxygens (including phenoxy) is 1. The van der Waals surface area contributed by atoms with Crippen LogP contribution in [0.3, 0.4) is 0 Å². The molecule has 3 amide bonds. The minimum absolute atomic E-state index is 0.0249. The molecule has 2 saturated heterocycles. The molecule has 1 aromatic heterocycles. The molecule has 12 heteroatoms. The van der Waals surface area contributed by atoms with Crippen molar-refractivity contribution < 1.29 is 28.4 Å². The van der Waals surface area contributed by atoms with E-state index in [0.29, 0.717) is 42.6 Å². The van der Waals surface area contributed by atoms with E-state index in [4.69, 9.17) is 14.0 Å². The SMILES string of the molecule is Cc1ccc(C(=O)NC[C@H](NC(=O)c2ccc(N3CCOCC3)nc2)C(=O)N[C@@H](CC(C)C)B2O[C@@H]3C[C@H]4C[C@H](C4(C)C)[C@]3(C)O2)cc1. The Bertz CT molecular complexity index is 1480. The van der Waals surface area contributed by atoms with Crippen LogP contribution in [0, 0.1) is 30.1 Å². The molecule has 2 bridgehead atoms. The summed E-state index contributed by atoms with van der Waals surface area (Å²) < 4.78 is 18.7. The summed E-state index contributed by atoms with van der Waals surface area (Å²) in [6, 6.07) is 9.62. The van der Waals surface area contributed by atoms with E-state index in [1.807, 2.05) is 19.1 Å². The van der Waals surface area contributed by atoms with Crippen LogP contribution >= 0.6 is 0 Å². The lowest BCUT2D eigenvalue weighted by Crippen LogP contribution is -2.65. The number of aromatic nitrogens is 1. The molecule has 2 aromatic rings. The van der Waals surface area contributed by atoms with Crippen molar-refractivity contribution in [3.05, 3.63) is 59.3 Å². The highest BCUT2D eigenvalue weighted by Crippen LogP contribution is 2.65. The zero-order chi connectivity index (χ0) is 34.2. The maximum atomic E-state index is 14.1. The molecule has 11 nitrogen and oxygen atoms in total. The van der Waals surface area contributed by atoms with Crippen LogP contribution in [-0.4, -0.2) is 86.4 Å². The molecule has 0 unspecified atom stereocenters. The number of nitrogens with one attached hydrogen (secondary N) is 3. The smallest absolute Gasteiger partial charge is 0.404 e. The van der Waals surface area contributed by atoms with Crippen molar-refractivity contribution in [2.24, 2.45) is 23.2 Å². The van der Waals surface area contributed by atoms with Crippen LogP contribution in [0.4, 0.5) is 5.82 Å². The number of benzene rings is 1. The Morgan fingerprint density at radius 2 is 1.69 bits per heavy atom. The number of hydrogen-bond acceptors (Lipinski definition) is 8. The van der Waals surface area contributed by atoms with Crippen molar-refractivity contribution in [1.82, 2.24) is 20.9 Å². The summed E-state index contributed by atoms with van der Waals surface area (Å²) in [4.78, 5) is 47.2. The molecule has 0 radical (unpaired) electrons. The highest BCUT2D eigenvalue weighted by Gasteiger charge is 2.68. The molecule has 7 rings (SSSR count). The number of carbonyl (C=O) groups excluding carboxylic acids is 3. The molecule has 3 heterocycles. The fourth-order valence-corrected chi connectivity index (χ4v) is 8.05. The maximum absolute atomic E-state index is 14.1. The van der Waals surface area contributed by atoms with Crippen LogP contribution in [0.1, 0.15) is 80.2 Å². The Kier molecular flexibility index (Phi) is 9.89.